The maximum absolute atomic E-state index is 10.6. The second-order valence-electron chi connectivity index (χ2n) is 7.18. The number of ether oxygens (including phenoxy) is 2. The van der Waals surface area contributed by atoms with Crippen LogP contribution < -0.4 is 15.6 Å². The van der Waals surface area contributed by atoms with Crippen LogP contribution in [0.2, 0.25) is 5.02 Å². The normalized spacial score (nSPS) is 23.0. The highest BCUT2D eigenvalue weighted by atomic mass is 35.5. The van der Waals surface area contributed by atoms with Crippen molar-refractivity contribution >= 4 is 11.6 Å². The average Bonchev–Trinajstić information content (AvgIpc) is 3.19. The highest BCUT2D eigenvalue weighted by molar-refractivity contribution is 6.30. The van der Waals surface area contributed by atoms with E-state index in [0.717, 1.165) is 50.0 Å². The topological polar surface area (TPSA) is 66.0 Å². The van der Waals surface area contributed by atoms with E-state index < -0.39 is 0 Å². The lowest BCUT2D eigenvalue weighted by Crippen LogP contribution is -2.38. The van der Waals surface area contributed by atoms with Crippen molar-refractivity contribution in [1.29, 1.82) is 0 Å². The van der Waals surface area contributed by atoms with Gasteiger partial charge in [0.1, 0.15) is 18.1 Å². The summed E-state index contributed by atoms with van der Waals surface area (Å²) in [6, 6.07) is 13.4. The standard InChI is InChI=1S/C21H26ClN3O3/c22-16-3-1-15(2-4-16)19-14-23-24-21(19)18-6-5-17(13-20(18)26)28-12-9-25-7-10-27-11-8-25/h1-6,13,19,21,23-24,26H,7-12,14H2. The lowest BCUT2D eigenvalue weighted by Gasteiger charge is -2.26. The number of phenolic OH excluding ortho intramolecular Hbond substituents is 1. The molecule has 2 aromatic rings. The lowest BCUT2D eigenvalue weighted by molar-refractivity contribution is 0.0322. The van der Waals surface area contributed by atoms with Crippen LogP contribution in [0.3, 0.4) is 0 Å². The van der Waals surface area contributed by atoms with Crippen LogP contribution in [0.5, 0.6) is 11.5 Å². The number of benzene rings is 2. The van der Waals surface area contributed by atoms with E-state index in [1.54, 1.807) is 6.07 Å². The first-order valence-electron chi connectivity index (χ1n) is 9.70. The summed E-state index contributed by atoms with van der Waals surface area (Å²) in [6.45, 7) is 5.69. The van der Waals surface area contributed by atoms with Gasteiger partial charge in [0.2, 0.25) is 0 Å². The summed E-state index contributed by atoms with van der Waals surface area (Å²) >= 11 is 6.01. The number of rotatable bonds is 6. The SMILES string of the molecule is Oc1cc(OCCN2CCOCC2)ccc1C1NNCC1c1ccc(Cl)cc1. The molecule has 2 unspecified atom stereocenters. The van der Waals surface area contributed by atoms with E-state index >= 15 is 0 Å². The van der Waals surface area contributed by atoms with Crippen molar-refractivity contribution < 1.29 is 14.6 Å². The minimum absolute atomic E-state index is 0.0245. The number of aromatic hydroxyl groups is 1. The zero-order chi connectivity index (χ0) is 19.3. The molecule has 0 aliphatic carbocycles. The molecule has 2 aromatic carbocycles. The quantitative estimate of drug-likeness (QED) is 0.689. The largest absolute Gasteiger partial charge is 0.507 e. The van der Waals surface area contributed by atoms with Gasteiger partial charge in [-0.2, -0.15) is 0 Å². The van der Waals surface area contributed by atoms with Crippen molar-refractivity contribution in [2.45, 2.75) is 12.0 Å². The molecule has 2 atom stereocenters. The molecule has 0 amide bonds. The van der Waals surface area contributed by atoms with Crippen molar-refractivity contribution in [3.63, 3.8) is 0 Å². The number of phenols is 1. The fraction of sp³-hybridized carbons (Fsp3) is 0.429. The van der Waals surface area contributed by atoms with E-state index in [0.29, 0.717) is 12.4 Å². The summed E-state index contributed by atoms with van der Waals surface area (Å²) in [5.74, 6) is 1.13. The van der Waals surface area contributed by atoms with E-state index in [9.17, 15) is 5.11 Å². The molecule has 2 aliphatic rings. The summed E-state index contributed by atoms with van der Waals surface area (Å²) < 4.78 is 11.2. The summed E-state index contributed by atoms with van der Waals surface area (Å²) in [5, 5.41) is 11.3. The molecule has 0 radical (unpaired) electrons. The van der Waals surface area contributed by atoms with Gasteiger partial charge in [-0.3, -0.25) is 10.3 Å². The molecule has 4 rings (SSSR count). The molecule has 0 saturated carbocycles. The lowest BCUT2D eigenvalue weighted by atomic mass is 9.88. The zero-order valence-corrected chi connectivity index (χ0v) is 16.5. The van der Waals surface area contributed by atoms with Gasteiger partial charge in [-0.25, -0.2) is 5.43 Å². The van der Waals surface area contributed by atoms with E-state index in [4.69, 9.17) is 21.1 Å². The van der Waals surface area contributed by atoms with Gasteiger partial charge in [0.25, 0.3) is 0 Å². The monoisotopic (exact) mass is 403 g/mol. The third-order valence-corrected chi connectivity index (χ3v) is 5.65. The molecule has 150 valence electrons. The fourth-order valence-corrected chi connectivity index (χ4v) is 3.93. The zero-order valence-electron chi connectivity index (χ0n) is 15.7. The highest BCUT2D eigenvalue weighted by Crippen LogP contribution is 2.38. The Bertz CT molecular complexity index is 781. The molecule has 2 saturated heterocycles. The van der Waals surface area contributed by atoms with Crippen LogP contribution >= 0.6 is 11.6 Å². The van der Waals surface area contributed by atoms with Crippen LogP contribution in [-0.4, -0.2) is 56.0 Å². The van der Waals surface area contributed by atoms with Crippen molar-refractivity contribution in [1.82, 2.24) is 15.8 Å². The van der Waals surface area contributed by atoms with Crippen LogP contribution in [-0.2, 0) is 4.74 Å². The molecular weight excluding hydrogens is 378 g/mol. The smallest absolute Gasteiger partial charge is 0.124 e. The first kappa shape index (κ1) is 19.5. The Balaban J connectivity index is 1.39. The number of nitrogens with zero attached hydrogens (tertiary/aromatic N) is 1. The number of hydrogen-bond acceptors (Lipinski definition) is 6. The van der Waals surface area contributed by atoms with Gasteiger partial charge >= 0.3 is 0 Å². The summed E-state index contributed by atoms with van der Waals surface area (Å²) in [5.41, 5.74) is 8.52. The number of halogens is 1. The van der Waals surface area contributed by atoms with Gasteiger partial charge in [0, 0.05) is 48.7 Å². The number of nitrogens with one attached hydrogen (secondary N) is 2. The second-order valence-corrected chi connectivity index (χ2v) is 7.62. The van der Waals surface area contributed by atoms with E-state index in [2.05, 4.69) is 15.8 Å². The summed E-state index contributed by atoms with van der Waals surface area (Å²) in [4.78, 5) is 2.32. The third-order valence-electron chi connectivity index (χ3n) is 5.40. The maximum atomic E-state index is 10.6. The number of hydrazine groups is 1. The second kappa shape index (κ2) is 9.11. The van der Waals surface area contributed by atoms with Crippen molar-refractivity contribution in [3.8, 4) is 11.5 Å². The third kappa shape index (κ3) is 4.59. The van der Waals surface area contributed by atoms with Crippen LogP contribution in [0, 0.1) is 0 Å². The maximum Gasteiger partial charge on any atom is 0.124 e. The van der Waals surface area contributed by atoms with Gasteiger partial charge in [0.15, 0.2) is 0 Å². The van der Waals surface area contributed by atoms with Crippen LogP contribution in [0.25, 0.3) is 0 Å². The predicted molar refractivity (Wildman–Crippen MR) is 109 cm³/mol. The molecule has 7 heteroatoms. The van der Waals surface area contributed by atoms with E-state index in [-0.39, 0.29) is 17.7 Å². The van der Waals surface area contributed by atoms with Gasteiger partial charge in [0.05, 0.1) is 19.3 Å². The van der Waals surface area contributed by atoms with Crippen molar-refractivity contribution in [3.05, 3.63) is 58.6 Å². The highest BCUT2D eigenvalue weighted by Gasteiger charge is 2.31. The van der Waals surface area contributed by atoms with Crippen LogP contribution in [0.1, 0.15) is 23.1 Å². The van der Waals surface area contributed by atoms with Gasteiger partial charge in [-0.05, 0) is 23.8 Å². The molecule has 3 N–H and O–H groups in total. The van der Waals surface area contributed by atoms with Gasteiger partial charge in [-0.1, -0.05) is 29.8 Å². The van der Waals surface area contributed by atoms with Crippen molar-refractivity contribution in [2.75, 3.05) is 46.0 Å². The van der Waals surface area contributed by atoms with Crippen LogP contribution in [0.15, 0.2) is 42.5 Å². The average molecular weight is 404 g/mol. The molecular formula is C21H26ClN3O3. The Labute approximate surface area is 170 Å². The Morgan fingerprint density at radius 3 is 2.68 bits per heavy atom. The Morgan fingerprint density at radius 2 is 1.93 bits per heavy atom. The Kier molecular flexibility index (Phi) is 6.34. The number of hydrogen-bond donors (Lipinski definition) is 3. The predicted octanol–water partition coefficient (Wildman–Crippen LogP) is 2.69. The Hall–Kier alpha value is -1.83. The van der Waals surface area contributed by atoms with E-state index in [1.807, 2.05) is 36.4 Å². The fourth-order valence-electron chi connectivity index (χ4n) is 3.81. The Morgan fingerprint density at radius 1 is 1.14 bits per heavy atom. The van der Waals surface area contributed by atoms with Gasteiger partial charge in [-0.15, -0.1) is 0 Å². The molecule has 28 heavy (non-hydrogen) atoms. The molecule has 2 aliphatic heterocycles. The molecule has 0 bridgehead atoms. The summed E-state index contributed by atoms with van der Waals surface area (Å²) in [7, 11) is 0. The summed E-state index contributed by atoms with van der Waals surface area (Å²) in [6.07, 6.45) is 0. The van der Waals surface area contributed by atoms with Gasteiger partial charge < -0.3 is 14.6 Å². The molecule has 0 aromatic heterocycles. The first-order chi connectivity index (χ1) is 13.7. The molecule has 0 spiro atoms. The minimum Gasteiger partial charge on any atom is -0.507 e. The molecule has 2 fully saturated rings. The molecule has 2 heterocycles. The van der Waals surface area contributed by atoms with E-state index in [1.165, 1.54) is 5.56 Å². The first-order valence-corrected chi connectivity index (χ1v) is 10.1. The molecule has 6 nitrogen and oxygen atoms in total. The van der Waals surface area contributed by atoms with Crippen molar-refractivity contribution in [2.24, 2.45) is 0 Å². The minimum atomic E-state index is -0.0245. The number of morpholine rings is 1. The van der Waals surface area contributed by atoms with Crippen LogP contribution in [0.4, 0.5) is 0 Å².